The number of carbonyl (C=O) groups excluding carboxylic acids is 1. The van der Waals surface area contributed by atoms with Gasteiger partial charge < -0.3 is 11.1 Å². The van der Waals surface area contributed by atoms with E-state index in [9.17, 15) is 4.79 Å². The molecule has 1 aliphatic rings. The largest absolute Gasteiger partial charge is 0.387 e. The maximum absolute atomic E-state index is 11.3. The lowest BCUT2D eigenvalue weighted by atomic mass is 9.95. The summed E-state index contributed by atoms with van der Waals surface area (Å²) in [5.41, 5.74) is 5.66. The van der Waals surface area contributed by atoms with Gasteiger partial charge >= 0.3 is 0 Å². The molecule has 0 radical (unpaired) electrons. The lowest BCUT2D eigenvalue weighted by Gasteiger charge is -2.17. The first-order valence-electron chi connectivity index (χ1n) is 5.49. The van der Waals surface area contributed by atoms with Gasteiger partial charge in [0.15, 0.2) is 0 Å². The van der Waals surface area contributed by atoms with E-state index in [1.54, 1.807) is 0 Å². The van der Waals surface area contributed by atoms with E-state index in [4.69, 9.17) is 5.73 Å². The van der Waals surface area contributed by atoms with Gasteiger partial charge in [0, 0.05) is 24.4 Å². The molecule has 0 aromatic heterocycles. The van der Waals surface area contributed by atoms with Crippen LogP contribution in [-0.4, -0.2) is 24.3 Å². The molecular weight excluding hydrogens is 190 g/mol. The zero-order chi connectivity index (χ0) is 11.5. The van der Waals surface area contributed by atoms with E-state index in [0.29, 0.717) is 24.8 Å². The van der Waals surface area contributed by atoms with Gasteiger partial charge in [0.05, 0.1) is 5.84 Å². The predicted octanol–water partition coefficient (Wildman–Crippen LogP) is 1.06. The Bertz CT molecular complexity index is 261. The number of amides is 1. The van der Waals surface area contributed by atoms with Crippen molar-refractivity contribution in [2.24, 2.45) is 16.1 Å². The highest BCUT2D eigenvalue weighted by Crippen LogP contribution is 2.18. The number of nitrogens with zero attached hydrogens (tertiary/aromatic N) is 1. The van der Waals surface area contributed by atoms with Gasteiger partial charge in [-0.2, -0.15) is 0 Å². The summed E-state index contributed by atoms with van der Waals surface area (Å²) in [5, 5.41) is 2.92. The van der Waals surface area contributed by atoms with E-state index in [1.165, 1.54) is 0 Å². The number of aliphatic imine (C=N–C) groups is 1. The topological polar surface area (TPSA) is 67.5 Å². The van der Waals surface area contributed by atoms with Gasteiger partial charge in [-0.1, -0.05) is 20.8 Å². The summed E-state index contributed by atoms with van der Waals surface area (Å²) >= 11 is 0. The summed E-state index contributed by atoms with van der Waals surface area (Å²) in [6.07, 6.45) is 2.69. The second-order valence-electron chi connectivity index (χ2n) is 5.11. The third-order valence-electron chi connectivity index (χ3n) is 2.33. The van der Waals surface area contributed by atoms with Gasteiger partial charge in [-0.15, -0.1) is 0 Å². The third-order valence-corrected chi connectivity index (χ3v) is 2.33. The van der Waals surface area contributed by atoms with E-state index in [2.05, 4.69) is 10.3 Å². The minimum Gasteiger partial charge on any atom is -0.387 e. The fraction of sp³-hybridized carbons (Fsp3) is 0.818. The highest BCUT2D eigenvalue weighted by atomic mass is 16.1. The van der Waals surface area contributed by atoms with Gasteiger partial charge in [-0.3, -0.25) is 9.79 Å². The fourth-order valence-corrected chi connectivity index (χ4v) is 1.04. The van der Waals surface area contributed by atoms with Crippen molar-refractivity contribution in [3.63, 3.8) is 0 Å². The molecule has 1 amide bonds. The first kappa shape index (κ1) is 12.0. The molecule has 0 aromatic carbocycles. The quantitative estimate of drug-likeness (QED) is 0.539. The molecule has 4 nitrogen and oxygen atoms in total. The summed E-state index contributed by atoms with van der Waals surface area (Å²) < 4.78 is 0. The molecule has 0 bridgehead atoms. The first-order chi connectivity index (χ1) is 6.89. The average molecular weight is 211 g/mol. The summed E-state index contributed by atoms with van der Waals surface area (Å²) in [4.78, 5) is 15.5. The Balaban J connectivity index is 2.21. The zero-order valence-corrected chi connectivity index (χ0v) is 9.84. The van der Waals surface area contributed by atoms with Crippen LogP contribution in [0.3, 0.4) is 0 Å². The van der Waals surface area contributed by atoms with E-state index in [0.717, 1.165) is 12.8 Å². The van der Waals surface area contributed by atoms with Crippen LogP contribution in [0, 0.1) is 5.41 Å². The third kappa shape index (κ3) is 4.81. The van der Waals surface area contributed by atoms with Crippen molar-refractivity contribution in [2.45, 2.75) is 46.1 Å². The maximum Gasteiger partial charge on any atom is 0.222 e. The second kappa shape index (κ2) is 4.64. The van der Waals surface area contributed by atoms with Gasteiger partial charge in [0.1, 0.15) is 0 Å². The van der Waals surface area contributed by atoms with Crippen molar-refractivity contribution in [2.75, 3.05) is 6.54 Å². The number of amidine groups is 1. The van der Waals surface area contributed by atoms with Crippen molar-refractivity contribution in [3.05, 3.63) is 0 Å². The molecule has 15 heavy (non-hydrogen) atoms. The maximum atomic E-state index is 11.3. The minimum absolute atomic E-state index is 0.0861. The normalized spacial score (nSPS) is 17.7. The fourth-order valence-electron chi connectivity index (χ4n) is 1.04. The predicted molar refractivity (Wildman–Crippen MR) is 61.7 cm³/mol. The molecular formula is C11H21N3O. The van der Waals surface area contributed by atoms with Crippen molar-refractivity contribution in [3.8, 4) is 0 Å². The first-order valence-corrected chi connectivity index (χ1v) is 5.49. The average Bonchev–Trinajstić information content (AvgIpc) is 2.86. The monoisotopic (exact) mass is 211 g/mol. The van der Waals surface area contributed by atoms with E-state index in [1.807, 2.05) is 20.8 Å². The number of nitrogens with two attached hydrogens (primary N) is 1. The second-order valence-corrected chi connectivity index (χ2v) is 5.11. The highest BCUT2D eigenvalue weighted by Gasteiger charge is 2.22. The molecule has 0 atom stereocenters. The molecule has 0 unspecified atom stereocenters. The molecule has 1 fully saturated rings. The van der Waals surface area contributed by atoms with E-state index in [-0.39, 0.29) is 11.3 Å². The number of carbonyl (C=O) groups is 1. The van der Waals surface area contributed by atoms with Crippen LogP contribution in [0.4, 0.5) is 0 Å². The van der Waals surface area contributed by atoms with Crippen molar-refractivity contribution >= 4 is 11.7 Å². The standard InChI is InChI=1S/C11H21N3O/c1-11(2,3)10(12)13-7-6-9(15)14-8-4-5-8/h8H,4-7H2,1-3H3,(H2,12,13)(H,14,15). The van der Waals surface area contributed by atoms with Crippen molar-refractivity contribution < 1.29 is 4.79 Å². The molecule has 0 spiro atoms. The molecule has 0 aliphatic heterocycles. The SMILES string of the molecule is CC(C)(C)C(N)=NCCC(=O)NC1CC1. The number of nitrogens with one attached hydrogen (secondary N) is 1. The Morgan fingerprint density at radius 2 is 2.07 bits per heavy atom. The molecule has 1 rings (SSSR count). The Morgan fingerprint density at radius 3 is 2.53 bits per heavy atom. The molecule has 1 saturated carbocycles. The Hall–Kier alpha value is -1.06. The Kier molecular flexibility index (Phi) is 3.72. The molecule has 0 heterocycles. The van der Waals surface area contributed by atoms with Crippen LogP contribution in [0.5, 0.6) is 0 Å². The van der Waals surface area contributed by atoms with E-state index >= 15 is 0 Å². The molecule has 0 saturated heterocycles. The number of hydrogen-bond acceptors (Lipinski definition) is 2. The number of rotatable bonds is 4. The van der Waals surface area contributed by atoms with Crippen LogP contribution >= 0.6 is 0 Å². The van der Waals surface area contributed by atoms with Gasteiger partial charge in [0.25, 0.3) is 0 Å². The highest BCUT2D eigenvalue weighted by molar-refractivity contribution is 5.85. The molecule has 3 N–H and O–H groups in total. The summed E-state index contributed by atoms with van der Waals surface area (Å²) in [5.74, 6) is 0.699. The zero-order valence-electron chi connectivity index (χ0n) is 9.84. The molecule has 1 aliphatic carbocycles. The van der Waals surface area contributed by atoms with E-state index < -0.39 is 0 Å². The van der Waals surface area contributed by atoms with Crippen molar-refractivity contribution in [1.82, 2.24) is 5.32 Å². The summed E-state index contributed by atoms with van der Waals surface area (Å²) in [6.45, 7) is 6.52. The minimum atomic E-state index is -0.104. The molecule has 0 aromatic rings. The number of hydrogen-bond donors (Lipinski definition) is 2. The lowest BCUT2D eigenvalue weighted by molar-refractivity contribution is -0.121. The van der Waals surface area contributed by atoms with Gasteiger partial charge in [-0.05, 0) is 12.8 Å². The van der Waals surface area contributed by atoms with Crippen LogP contribution in [0.1, 0.15) is 40.0 Å². The Labute approximate surface area is 91.3 Å². The van der Waals surface area contributed by atoms with Crippen LogP contribution in [0.25, 0.3) is 0 Å². The molecule has 86 valence electrons. The molecule has 4 heteroatoms. The lowest BCUT2D eigenvalue weighted by Crippen LogP contribution is -2.30. The van der Waals surface area contributed by atoms with Crippen molar-refractivity contribution in [1.29, 1.82) is 0 Å². The van der Waals surface area contributed by atoms with Gasteiger partial charge in [-0.25, -0.2) is 0 Å². The summed E-state index contributed by atoms with van der Waals surface area (Å²) in [6, 6.07) is 0.432. The van der Waals surface area contributed by atoms with Crippen LogP contribution < -0.4 is 11.1 Å². The van der Waals surface area contributed by atoms with Crippen LogP contribution in [0.15, 0.2) is 4.99 Å². The summed E-state index contributed by atoms with van der Waals surface area (Å²) in [7, 11) is 0. The van der Waals surface area contributed by atoms with Crippen LogP contribution in [-0.2, 0) is 4.79 Å². The smallest absolute Gasteiger partial charge is 0.222 e. The van der Waals surface area contributed by atoms with Gasteiger partial charge in [0.2, 0.25) is 5.91 Å². The Morgan fingerprint density at radius 1 is 1.47 bits per heavy atom. The van der Waals surface area contributed by atoms with Crippen LogP contribution in [0.2, 0.25) is 0 Å².